The Bertz CT molecular complexity index is 285. The van der Waals surface area contributed by atoms with E-state index in [2.05, 4.69) is 37.3 Å². The summed E-state index contributed by atoms with van der Waals surface area (Å²) in [5, 5.41) is 0. The van der Waals surface area contributed by atoms with Crippen molar-refractivity contribution in [1.82, 2.24) is 14.5 Å². The van der Waals surface area contributed by atoms with Crippen LogP contribution in [0, 0.1) is 0 Å². The molecule has 1 aliphatic heterocycles. The lowest BCUT2D eigenvalue weighted by molar-refractivity contribution is -0.000477. The summed E-state index contributed by atoms with van der Waals surface area (Å²) in [5.74, 6) is 1.52. The monoisotopic (exact) mass is 258 g/mol. The van der Waals surface area contributed by atoms with Gasteiger partial charge in [0.05, 0.1) is 6.54 Å². The van der Waals surface area contributed by atoms with E-state index in [-0.39, 0.29) is 0 Å². The second kappa shape index (κ2) is 6.60. The zero-order chi connectivity index (χ0) is 13.0. The van der Waals surface area contributed by atoms with Crippen LogP contribution in [0.5, 0.6) is 0 Å². The first-order chi connectivity index (χ1) is 8.01. The molecule has 98 valence electrons. The number of likely N-dealkylation sites (N-methyl/N-ethyl adjacent to an activating group) is 3. The van der Waals surface area contributed by atoms with Crippen molar-refractivity contribution in [1.29, 1.82) is 0 Å². The van der Waals surface area contributed by atoms with E-state index in [1.807, 2.05) is 11.7 Å². The highest BCUT2D eigenvalue weighted by Gasteiger charge is 2.36. The predicted octanol–water partition coefficient (Wildman–Crippen LogP) is 1.83. The third kappa shape index (κ3) is 3.59. The van der Waals surface area contributed by atoms with Gasteiger partial charge in [0.25, 0.3) is 0 Å². The fraction of sp³-hybridized carbons (Fsp3) is 0.833. The number of nitrogens with zero attached hydrogens (tertiary/aromatic N) is 3. The lowest BCUT2D eigenvalue weighted by atomic mass is 9.97. The van der Waals surface area contributed by atoms with Crippen LogP contribution in [0.3, 0.4) is 0 Å². The predicted molar refractivity (Wildman–Crippen MR) is 73.6 cm³/mol. The summed E-state index contributed by atoms with van der Waals surface area (Å²) in [5.41, 5.74) is 0. The molecule has 3 unspecified atom stereocenters. The van der Waals surface area contributed by atoms with Crippen molar-refractivity contribution < 1.29 is 4.57 Å². The van der Waals surface area contributed by atoms with E-state index in [9.17, 15) is 4.57 Å². The Labute approximate surface area is 106 Å². The molecule has 1 rings (SSSR count). The molecule has 1 aliphatic rings. The molecule has 17 heavy (non-hydrogen) atoms. The first kappa shape index (κ1) is 14.8. The Hall–Kier alpha value is -0.280. The van der Waals surface area contributed by atoms with Crippen LogP contribution >= 0.6 is 7.95 Å². The maximum atomic E-state index is 11.5. The van der Waals surface area contributed by atoms with Gasteiger partial charge in [-0.1, -0.05) is 18.2 Å². The van der Waals surface area contributed by atoms with Gasteiger partial charge in [0.15, 0.2) is 5.82 Å². The van der Waals surface area contributed by atoms with Gasteiger partial charge in [0.1, 0.15) is 0 Å². The lowest BCUT2D eigenvalue weighted by Gasteiger charge is -2.49. The van der Waals surface area contributed by atoms with Crippen molar-refractivity contribution in [3.05, 3.63) is 12.4 Å². The average Bonchev–Trinajstić information content (AvgIpc) is 2.36. The first-order valence-corrected chi connectivity index (χ1v) is 7.53. The Morgan fingerprint density at radius 1 is 1.53 bits per heavy atom. The fourth-order valence-electron chi connectivity index (χ4n) is 2.26. The molecule has 0 bridgehead atoms. The van der Waals surface area contributed by atoms with E-state index < -0.39 is 7.95 Å². The molecule has 0 spiro atoms. The van der Waals surface area contributed by atoms with E-state index in [0.29, 0.717) is 12.1 Å². The van der Waals surface area contributed by atoms with E-state index >= 15 is 0 Å². The summed E-state index contributed by atoms with van der Waals surface area (Å²) in [6.07, 6.45) is 0. The van der Waals surface area contributed by atoms with E-state index in [4.69, 9.17) is 0 Å². The highest BCUT2D eigenvalue weighted by atomic mass is 31.1. The van der Waals surface area contributed by atoms with E-state index in [0.717, 1.165) is 26.2 Å². The second-order valence-electron chi connectivity index (χ2n) is 4.74. The van der Waals surface area contributed by atoms with Gasteiger partial charge in [-0.3, -0.25) is 4.90 Å². The Morgan fingerprint density at radius 3 is 2.59 bits per heavy atom. The Balaban J connectivity index is 2.38. The van der Waals surface area contributed by atoms with Crippen LogP contribution in [0.25, 0.3) is 0 Å². The zero-order valence-electron chi connectivity index (χ0n) is 11.5. The normalized spacial score (nSPS) is 26.1. The minimum absolute atomic E-state index is 0.633. The van der Waals surface area contributed by atoms with Crippen molar-refractivity contribution in [2.75, 3.05) is 40.3 Å². The first-order valence-electron chi connectivity index (χ1n) is 6.25. The summed E-state index contributed by atoms with van der Waals surface area (Å²) in [7, 11) is 2.67. The summed E-state index contributed by atoms with van der Waals surface area (Å²) < 4.78 is 13.4. The summed E-state index contributed by atoms with van der Waals surface area (Å²) in [4.78, 5) is 4.84. The topological polar surface area (TPSA) is 26.8 Å². The van der Waals surface area contributed by atoms with E-state index in [1.165, 1.54) is 5.82 Å². The molecule has 1 saturated heterocycles. The lowest BCUT2D eigenvalue weighted by Crippen LogP contribution is -2.64. The van der Waals surface area contributed by atoms with Gasteiger partial charge in [0, 0.05) is 32.2 Å². The molecule has 0 saturated carbocycles. The van der Waals surface area contributed by atoms with Gasteiger partial charge in [0.2, 0.25) is 0 Å². The number of rotatable bonds is 7. The van der Waals surface area contributed by atoms with Crippen molar-refractivity contribution >= 4 is 7.95 Å². The molecule has 0 N–H and O–H groups in total. The van der Waals surface area contributed by atoms with Crippen molar-refractivity contribution in [3.63, 3.8) is 0 Å². The quantitative estimate of drug-likeness (QED) is 0.651. The van der Waals surface area contributed by atoms with Gasteiger partial charge >= 0.3 is 7.95 Å². The number of likely N-dealkylation sites (tertiary alicyclic amines) is 1. The summed E-state index contributed by atoms with van der Waals surface area (Å²) >= 11 is 0. The van der Waals surface area contributed by atoms with Gasteiger partial charge in [-0.2, -0.15) is 0 Å². The van der Waals surface area contributed by atoms with Gasteiger partial charge in [-0.05, 0) is 25.1 Å². The van der Waals surface area contributed by atoms with E-state index in [1.54, 1.807) is 0 Å². The largest absolute Gasteiger partial charge is 0.465 e. The third-order valence-electron chi connectivity index (χ3n) is 3.81. The van der Waals surface area contributed by atoms with Crippen molar-refractivity contribution in [2.24, 2.45) is 0 Å². The minimum Gasteiger partial charge on any atom is -0.300 e. The molecule has 0 aromatic heterocycles. The second-order valence-corrected chi connectivity index (χ2v) is 6.40. The molecule has 5 heteroatoms. The standard InChI is InChI=1S/C12H25N3OP/c1-6-15(12-10-13(4)11(12)3)9-8-14(5)17(16)7-2/h7,11-12H,2,6,8-10H2,1,3-5H3/q+1. The van der Waals surface area contributed by atoms with Crippen LogP contribution in [0.1, 0.15) is 13.8 Å². The fourth-order valence-corrected chi connectivity index (χ4v) is 2.83. The molecule has 0 radical (unpaired) electrons. The molecule has 3 atom stereocenters. The van der Waals surface area contributed by atoms with Crippen molar-refractivity contribution in [3.8, 4) is 0 Å². The van der Waals surface area contributed by atoms with Crippen LogP contribution < -0.4 is 0 Å². The van der Waals surface area contributed by atoms with Crippen LogP contribution in [-0.4, -0.2) is 66.8 Å². The van der Waals surface area contributed by atoms with Crippen LogP contribution in [0.2, 0.25) is 0 Å². The third-order valence-corrected chi connectivity index (χ3v) is 4.99. The van der Waals surface area contributed by atoms with Crippen LogP contribution in [-0.2, 0) is 4.57 Å². The molecule has 0 aromatic rings. The van der Waals surface area contributed by atoms with Crippen LogP contribution in [0.15, 0.2) is 12.4 Å². The molecular weight excluding hydrogens is 233 g/mol. The molecule has 0 aliphatic carbocycles. The molecule has 0 aromatic carbocycles. The smallest absolute Gasteiger partial charge is 0.300 e. The Kier molecular flexibility index (Phi) is 5.74. The number of hydrogen-bond donors (Lipinski definition) is 0. The van der Waals surface area contributed by atoms with Gasteiger partial charge in [-0.25, -0.2) is 0 Å². The number of hydrogen-bond acceptors (Lipinski definition) is 3. The minimum atomic E-state index is -1.39. The highest BCUT2D eigenvalue weighted by Crippen LogP contribution is 2.26. The molecule has 1 fully saturated rings. The van der Waals surface area contributed by atoms with Gasteiger partial charge < -0.3 is 4.90 Å². The Morgan fingerprint density at radius 2 is 2.18 bits per heavy atom. The summed E-state index contributed by atoms with van der Waals surface area (Å²) in [6, 6.07) is 1.29. The van der Waals surface area contributed by atoms with Crippen molar-refractivity contribution in [2.45, 2.75) is 25.9 Å². The summed E-state index contributed by atoms with van der Waals surface area (Å²) in [6.45, 7) is 12.0. The SMILES string of the molecule is C=C[P+](=O)N(C)CCN(CC)C1CN(C)C1C. The average molecular weight is 258 g/mol. The van der Waals surface area contributed by atoms with Gasteiger partial charge in [-0.15, -0.1) is 0 Å². The maximum absolute atomic E-state index is 11.5. The molecular formula is C12H25N3OP+. The highest BCUT2D eigenvalue weighted by molar-refractivity contribution is 7.45. The molecule has 4 nitrogen and oxygen atoms in total. The maximum Gasteiger partial charge on any atom is 0.465 e. The molecule has 0 amide bonds. The zero-order valence-corrected chi connectivity index (χ0v) is 12.4. The molecule has 1 heterocycles. The van der Waals surface area contributed by atoms with Crippen LogP contribution in [0.4, 0.5) is 0 Å².